The molecular weight excluding hydrogens is 304 g/mol. The minimum absolute atomic E-state index is 0.249. The van der Waals surface area contributed by atoms with E-state index in [0.717, 1.165) is 0 Å². The molecule has 90 valence electrons. The summed E-state index contributed by atoms with van der Waals surface area (Å²) in [5.74, 6) is 1.15. The lowest BCUT2D eigenvalue weighted by Gasteiger charge is -2.07. The van der Waals surface area contributed by atoms with Crippen molar-refractivity contribution in [3.8, 4) is 11.3 Å². The van der Waals surface area contributed by atoms with E-state index in [0.29, 0.717) is 33.7 Å². The molecular formula is C11H7Cl4NO. The van der Waals surface area contributed by atoms with E-state index in [4.69, 9.17) is 56.6 Å². The lowest BCUT2D eigenvalue weighted by Crippen LogP contribution is -1.92. The fraction of sp³-hybridized carbons (Fsp3) is 0.0909. The summed E-state index contributed by atoms with van der Waals surface area (Å²) in [5, 5.41) is 1.19. The summed E-state index contributed by atoms with van der Waals surface area (Å²) in [6, 6.07) is 5.02. The van der Waals surface area contributed by atoms with Gasteiger partial charge in [0.1, 0.15) is 11.5 Å². The number of hydrogen-bond acceptors (Lipinski definition) is 2. The molecule has 1 heterocycles. The highest BCUT2D eigenvalue weighted by Gasteiger charge is 2.17. The summed E-state index contributed by atoms with van der Waals surface area (Å²) >= 11 is 24.0. The number of benzene rings is 1. The Hall–Kier alpha value is -0.380. The molecule has 0 unspecified atom stereocenters. The summed E-state index contributed by atoms with van der Waals surface area (Å²) < 4.78 is 5.48. The zero-order valence-electron chi connectivity index (χ0n) is 8.44. The van der Waals surface area contributed by atoms with Crippen LogP contribution in [-0.2, 0) is 6.54 Å². The monoisotopic (exact) mass is 309 g/mol. The van der Waals surface area contributed by atoms with E-state index in [1.165, 1.54) is 6.07 Å². The third-order valence-corrected chi connectivity index (χ3v) is 3.78. The van der Waals surface area contributed by atoms with Crippen LogP contribution < -0.4 is 5.73 Å². The molecule has 2 rings (SSSR count). The fourth-order valence-electron chi connectivity index (χ4n) is 1.41. The van der Waals surface area contributed by atoms with Crippen molar-refractivity contribution in [1.29, 1.82) is 0 Å². The summed E-state index contributed by atoms with van der Waals surface area (Å²) in [6.45, 7) is 0.302. The maximum Gasteiger partial charge on any atom is 0.137 e. The molecule has 0 atom stereocenters. The number of furan rings is 1. The van der Waals surface area contributed by atoms with E-state index < -0.39 is 0 Å². The van der Waals surface area contributed by atoms with Crippen molar-refractivity contribution < 1.29 is 4.42 Å². The van der Waals surface area contributed by atoms with Crippen LogP contribution in [0.15, 0.2) is 22.6 Å². The van der Waals surface area contributed by atoms with E-state index >= 15 is 0 Å². The largest absolute Gasteiger partial charge is 0.460 e. The normalized spacial score (nSPS) is 10.9. The van der Waals surface area contributed by atoms with Crippen LogP contribution in [0.4, 0.5) is 0 Å². The highest BCUT2D eigenvalue weighted by atomic mass is 35.5. The molecule has 0 spiro atoms. The Kier molecular flexibility index (Phi) is 3.91. The Morgan fingerprint density at radius 3 is 2.29 bits per heavy atom. The molecule has 0 bridgehead atoms. The molecule has 1 aromatic carbocycles. The van der Waals surface area contributed by atoms with Crippen LogP contribution in [-0.4, -0.2) is 0 Å². The van der Waals surface area contributed by atoms with Crippen LogP contribution in [0, 0.1) is 0 Å². The van der Waals surface area contributed by atoms with E-state index in [9.17, 15) is 0 Å². The maximum atomic E-state index is 6.10. The van der Waals surface area contributed by atoms with Crippen LogP contribution in [0.1, 0.15) is 5.76 Å². The molecule has 2 aromatic rings. The number of hydrogen-bond donors (Lipinski definition) is 1. The van der Waals surface area contributed by atoms with Crippen molar-refractivity contribution in [2.75, 3.05) is 0 Å². The quantitative estimate of drug-likeness (QED) is 0.625. The molecule has 0 aliphatic rings. The second kappa shape index (κ2) is 5.09. The van der Waals surface area contributed by atoms with Crippen LogP contribution in [0.3, 0.4) is 0 Å². The third-order valence-electron chi connectivity index (χ3n) is 2.22. The lowest BCUT2D eigenvalue weighted by molar-refractivity contribution is 0.525. The van der Waals surface area contributed by atoms with Crippen LogP contribution in [0.5, 0.6) is 0 Å². The van der Waals surface area contributed by atoms with Crippen molar-refractivity contribution >= 4 is 46.4 Å². The molecule has 0 fully saturated rings. The molecule has 0 saturated carbocycles. The topological polar surface area (TPSA) is 39.2 Å². The van der Waals surface area contributed by atoms with E-state index in [1.54, 1.807) is 12.1 Å². The van der Waals surface area contributed by atoms with Gasteiger partial charge in [0.25, 0.3) is 0 Å². The van der Waals surface area contributed by atoms with Gasteiger partial charge in [0.2, 0.25) is 0 Å². The standard InChI is InChI=1S/C11H7Cl4NO/c12-6-3-7(13)10(14)11(15)9(6)8-2-1-5(4-16)17-8/h1-3H,4,16H2. The van der Waals surface area contributed by atoms with Gasteiger partial charge < -0.3 is 10.2 Å². The van der Waals surface area contributed by atoms with Crippen molar-refractivity contribution in [2.45, 2.75) is 6.54 Å². The third kappa shape index (κ3) is 2.42. The van der Waals surface area contributed by atoms with Crippen molar-refractivity contribution in [2.24, 2.45) is 5.73 Å². The van der Waals surface area contributed by atoms with Crippen LogP contribution in [0.25, 0.3) is 11.3 Å². The highest BCUT2D eigenvalue weighted by molar-refractivity contribution is 6.51. The second-order valence-electron chi connectivity index (χ2n) is 3.31. The van der Waals surface area contributed by atoms with Gasteiger partial charge in [0.05, 0.1) is 32.2 Å². The lowest BCUT2D eigenvalue weighted by atomic mass is 10.1. The van der Waals surface area contributed by atoms with Gasteiger partial charge in [-0.2, -0.15) is 0 Å². The van der Waals surface area contributed by atoms with Crippen LogP contribution in [0.2, 0.25) is 20.1 Å². The first kappa shape index (κ1) is 13.1. The molecule has 0 aliphatic carbocycles. The first-order valence-corrected chi connectivity index (χ1v) is 6.18. The van der Waals surface area contributed by atoms with Gasteiger partial charge in [-0.3, -0.25) is 0 Å². The maximum absolute atomic E-state index is 6.10. The number of halogens is 4. The van der Waals surface area contributed by atoms with Gasteiger partial charge in [-0.1, -0.05) is 46.4 Å². The first-order chi connectivity index (χ1) is 8.04. The van der Waals surface area contributed by atoms with Gasteiger partial charge in [-0.05, 0) is 18.2 Å². The van der Waals surface area contributed by atoms with E-state index in [2.05, 4.69) is 0 Å². The van der Waals surface area contributed by atoms with Gasteiger partial charge in [0, 0.05) is 0 Å². The average molecular weight is 311 g/mol. The Labute approximate surface area is 118 Å². The average Bonchev–Trinajstić information content (AvgIpc) is 2.74. The van der Waals surface area contributed by atoms with Crippen molar-refractivity contribution in [3.63, 3.8) is 0 Å². The van der Waals surface area contributed by atoms with Gasteiger partial charge >= 0.3 is 0 Å². The molecule has 0 saturated heterocycles. The highest BCUT2D eigenvalue weighted by Crippen LogP contribution is 2.43. The zero-order chi connectivity index (χ0) is 12.6. The smallest absolute Gasteiger partial charge is 0.137 e. The molecule has 1 aromatic heterocycles. The minimum Gasteiger partial charge on any atom is -0.460 e. The Morgan fingerprint density at radius 1 is 1.00 bits per heavy atom. The fourth-order valence-corrected chi connectivity index (χ4v) is 2.51. The van der Waals surface area contributed by atoms with Crippen molar-refractivity contribution in [1.82, 2.24) is 0 Å². The van der Waals surface area contributed by atoms with E-state index in [-0.39, 0.29) is 10.0 Å². The van der Waals surface area contributed by atoms with Crippen molar-refractivity contribution in [3.05, 3.63) is 44.0 Å². The predicted molar refractivity (Wildman–Crippen MR) is 72.1 cm³/mol. The Balaban J connectivity index is 2.62. The Morgan fingerprint density at radius 2 is 1.71 bits per heavy atom. The molecule has 6 heteroatoms. The molecule has 2 N–H and O–H groups in total. The number of nitrogens with two attached hydrogens (primary N) is 1. The summed E-state index contributed by atoms with van der Waals surface area (Å²) in [6.07, 6.45) is 0. The Bertz CT molecular complexity index is 565. The molecule has 0 aliphatic heterocycles. The van der Waals surface area contributed by atoms with Gasteiger partial charge in [-0.25, -0.2) is 0 Å². The summed E-state index contributed by atoms with van der Waals surface area (Å²) in [4.78, 5) is 0. The predicted octanol–water partition coefficient (Wildman–Crippen LogP) is 5.02. The van der Waals surface area contributed by atoms with Gasteiger partial charge in [-0.15, -0.1) is 0 Å². The molecule has 2 nitrogen and oxygen atoms in total. The second-order valence-corrected chi connectivity index (χ2v) is 4.88. The van der Waals surface area contributed by atoms with E-state index in [1.807, 2.05) is 0 Å². The summed E-state index contributed by atoms with van der Waals surface area (Å²) in [7, 11) is 0. The van der Waals surface area contributed by atoms with Gasteiger partial charge in [0.15, 0.2) is 0 Å². The zero-order valence-corrected chi connectivity index (χ0v) is 11.5. The molecule has 17 heavy (non-hydrogen) atoms. The SMILES string of the molecule is NCc1ccc(-c2c(Cl)cc(Cl)c(Cl)c2Cl)o1. The number of rotatable bonds is 2. The van der Waals surface area contributed by atoms with Crippen LogP contribution >= 0.6 is 46.4 Å². The summed E-state index contributed by atoms with van der Waals surface area (Å²) in [5.41, 5.74) is 5.98. The first-order valence-electron chi connectivity index (χ1n) is 4.66. The molecule has 0 amide bonds. The molecule has 0 radical (unpaired) electrons. The minimum atomic E-state index is 0.249.